The van der Waals surface area contributed by atoms with Crippen LogP contribution >= 0.6 is 0 Å². The van der Waals surface area contributed by atoms with Crippen LogP contribution in [0.1, 0.15) is 25.7 Å². The highest BCUT2D eigenvalue weighted by atomic mass is 16.2. The molecule has 0 aromatic rings. The Morgan fingerprint density at radius 1 is 1.36 bits per heavy atom. The van der Waals surface area contributed by atoms with Gasteiger partial charge in [0, 0.05) is 25.2 Å². The number of carbonyl (C=O) groups is 1. The molecule has 3 aliphatic heterocycles. The van der Waals surface area contributed by atoms with Crippen LogP contribution in [0, 0.1) is 5.92 Å². The highest BCUT2D eigenvalue weighted by Gasteiger charge is 2.44. The Morgan fingerprint density at radius 2 is 2.29 bits per heavy atom. The standard InChI is InChI=1S/C10H17N3O/c14-10(13-5-1-4-11-13)8-6-7-2-3-9(8)12-7/h7-9,11-12H,1-6H2. The maximum absolute atomic E-state index is 12.1. The van der Waals surface area contributed by atoms with Crippen molar-refractivity contribution in [3.8, 4) is 0 Å². The van der Waals surface area contributed by atoms with E-state index < -0.39 is 0 Å². The zero-order valence-corrected chi connectivity index (χ0v) is 8.33. The lowest BCUT2D eigenvalue weighted by atomic mass is 9.88. The fraction of sp³-hybridized carbons (Fsp3) is 0.900. The molecule has 4 heteroatoms. The van der Waals surface area contributed by atoms with Gasteiger partial charge >= 0.3 is 0 Å². The molecule has 78 valence electrons. The number of nitrogens with one attached hydrogen (secondary N) is 2. The number of amides is 1. The molecule has 2 bridgehead atoms. The fourth-order valence-electron chi connectivity index (χ4n) is 3.02. The first-order chi connectivity index (χ1) is 6.84. The van der Waals surface area contributed by atoms with Gasteiger partial charge in [0.2, 0.25) is 5.91 Å². The fourth-order valence-corrected chi connectivity index (χ4v) is 3.02. The number of fused-ring (bicyclic) bond motifs is 2. The van der Waals surface area contributed by atoms with Crippen LogP contribution in [0.4, 0.5) is 0 Å². The van der Waals surface area contributed by atoms with Crippen molar-refractivity contribution in [1.29, 1.82) is 0 Å². The highest BCUT2D eigenvalue weighted by molar-refractivity contribution is 5.80. The number of hydrogen-bond donors (Lipinski definition) is 2. The van der Waals surface area contributed by atoms with Gasteiger partial charge in [0.15, 0.2) is 0 Å². The first kappa shape index (κ1) is 8.68. The van der Waals surface area contributed by atoms with E-state index in [0.717, 1.165) is 25.9 Å². The van der Waals surface area contributed by atoms with Crippen LogP contribution in [0.2, 0.25) is 0 Å². The summed E-state index contributed by atoms with van der Waals surface area (Å²) in [7, 11) is 0. The molecule has 3 saturated heterocycles. The smallest absolute Gasteiger partial charge is 0.241 e. The molecule has 3 aliphatic rings. The third-order valence-corrected chi connectivity index (χ3v) is 3.74. The monoisotopic (exact) mass is 195 g/mol. The molecule has 0 spiro atoms. The number of hydrazine groups is 1. The van der Waals surface area contributed by atoms with Crippen molar-refractivity contribution >= 4 is 5.91 Å². The van der Waals surface area contributed by atoms with Crippen LogP contribution in [0.5, 0.6) is 0 Å². The average molecular weight is 195 g/mol. The number of carbonyl (C=O) groups excluding carboxylic acids is 1. The maximum Gasteiger partial charge on any atom is 0.241 e. The number of rotatable bonds is 1. The van der Waals surface area contributed by atoms with Crippen molar-refractivity contribution < 1.29 is 4.79 Å². The van der Waals surface area contributed by atoms with E-state index in [1.54, 1.807) is 0 Å². The van der Waals surface area contributed by atoms with Crippen LogP contribution in [0.25, 0.3) is 0 Å². The van der Waals surface area contributed by atoms with Gasteiger partial charge in [-0.25, -0.2) is 5.43 Å². The molecule has 2 N–H and O–H groups in total. The summed E-state index contributed by atoms with van der Waals surface area (Å²) in [5.41, 5.74) is 3.15. The zero-order chi connectivity index (χ0) is 9.54. The van der Waals surface area contributed by atoms with Gasteiger partial charge in [-0.15, -0.1) is 0 Å². The molecule has 3 atom stereocenters. The van der Waals surface area contributed by atoms with E-state index >= 15 is 0 Å². The summed E-state index contributed by atoms with van der Waals surface area (Å²) >= 11 is 0. The van der Waals surface area contributed by atoms with Crippen LogP contribution in [0.3, 0.4) is 0 Å². The number of nitrogens with zero attached hydrogens (tertiary/aromatic N) is 1. The second-order valence-electron chi connectivity index (χ2n) is 4.64. The van der Waals surface area contributed by atoms with E-state index in [4.69, 9.17) is 0 Å². The van der Waals surface area contributed by atoms with Gasteiger partial charge in [0.1, 0.15) is 0 Å². The lowest BCUT2D eigenvalue weighted by molar-refractivity contribution is -0.137. The molecule has 0 aromatic heterocycles. The minimum Gasteiger partial charge on any atom is -0.310 e. The minimum atomic E-state index is 0.249. The molecule has 4 nitrogen and oxygen atoms in total. The number of hydrogen-bond acceptors (Lipinski definition) is 3. The van der Waals surface area contributed by atoms with Crippen molar-refractivity contribution in [3.05, 3.63) is 0 Å². The van der Waals surface area contributed by atoms with E-state index in [9.17, 15) is 4.79 Å². The Hall–Kier alpha value is -0.610. The summed E-state index contributed by atoms with van der Waals surface area (Å²) in [5, 5.41) is 5.33. The first-order valence-corrected chi connectivity index (χ1v) is 5.65. The molecule has 3 unspecified atom stereocenters. The highest BCUT2D eigenvalue weighted by Crippen LogP contribution is 2.34. The van der Waals surface area contributed by atoms with Crippen molar-refractivity contribution in [2.45, 2.75) is 37.8 Å². The lowest BCUT2D eigenvalue weighted by Crippen LogP contribution is -2.44. The van der Waals surface area contributed by atoms with E-state index in [-0.39, 0.29) is 5.92 Å². The average Bonchev–Trinajstić information content (AvgIpc) is 2.93. The van der Waals surface area contributed by atoms with Crippen molar-refractivity contribution in [2.75, 3.05) is 13.1 Å². The van der Waals surface area contributed by atoms with Gasteiger partial charge in [0.25, 0.3) is 0 Å². The molecule has 3 heterocycles. The molecular formula is C10H17N3O. The molecule has 0 radical (unpaired) electrons. The van der Waals surface area contributed by atoms with Gasteiger partial charge in [-0.1, -0.05) is 0 Å². The second kappa shape index (κ2) is 3.21. The van der Waals surface area contributed by atoms with Crippen LogP contribution in [0.15, 0.2) is 0 Å². The van der Waals surface area contributed by atoms with Gasteiger partial charge < -0.3 is 5.32 Å². The minimum absolute atomic E-state index is 0.249. The summed E-state index contributed by atoms with van der Waals surface area (Å²) in [4.78, 5) is 12.1. The van der Waals surface area contributed by atoms with E-state index in [1.807, 2.05) is 5.01 Å². The van der Waals surface area contributed by atoms with Crippen LogP contribution < -0.4 is 10.7 Å². The predicted octanol–water partition coefficient (Wildman–Crippen LogP) is -0.136. The Morgan fingerprint density at radius 3 is 2.86 bits per heavy atom. The van der Waals surface area contributed by atoms with E-state index in [1.165, 1.54) is 12.8 Å². The predicted molar refractivity (Wildman–Crippen MR) is 52.4 cm³/mol. The molecule has 3 fully saturated rings. The van der Waals surface area contributed by atoms with Crippen molar-refractivity contribution in [1.82, 2.24) is 15.8 Å². The Balaban J connectivity index is 1.67. The molecule has 0 aliphatic carbocycles. The van der Waals surface area contributed by atoms with Crippen LogP contribution in [-0.2, 0) is 4.79 Å². The Kier molecular flexibility index (Phi) is 1.99. The first-order valence-electron chi connectivity index (χ1n) is 5.65. The third kappa shape index (κ3) is 1.25. The van der Waals surface area contributed by atoms with E-state index in [2.05, 4.69) is 10.7 Å². The lowest BCUT2D eigenvalue weighted by Gasteiger charge is -2.24. The SMILES string of the molecule is O=C(C1CC2CCC1N2)N1CCCN1. The second-order valence-corrected chi connectivity index (χ2v) is 4.64. The summed E-state index contributed by atoms with van der Waals surface area (Å²) < 4.78 is 0. The molecule has 3 rings (SSSR count). The summed E-state index contributed by atoms with van der Waals surface area (Å²) in [6.07, 6.45) is 4.61. The Labute approximate surface area is 84.0 Å². The molecule has 14 heavy (non-hydrogen) atoms. The summed E-state index contributed by atoms with van der Waals surface area (Å²) in [6.45, 7) is 1.85. The van der Waals surface area contributed by atoms with Gasteiger partial charge in [-0.05, 0) is 25.7 Å². The van der Waals surface area contributed by atoms with E-state index in [0.29, 0.717) is 18.0 Å². The quantitative estimate of drug-likeness (QED) is 0.612. The Bertz CT molecular complexity index is 250. The summed E-state index contributed by atoms with van der Waals surface area (Å²) in [6, 6.07) is 1.09. The topological polar surface area (TPSA) is 44.4 Å². The van der Waals surface area contributed by atoms with Gasteiger partial charge in [0.05, 0.1) is 5.92 Å². The normalized spacial score (nSPS) is 40.9. The molecule has 0 aromatic carbocycles. The van der Waals surface area contributed by atoms with Crippen molar-refractivity contribution in [2.24, 2.45) is 5.92 Å². The molecular weight excluding hydrogens is 178 g/mol. The zero-order valence-electron chi connectivity index (χ0n) is 8.33. The summed E-state index contributed by atoms with van der Waals surface area (Å²) in [5.74, 6) is 0.571. The van der Waals surface area contributed by atoms with Crippen LogP contribution in [-0.4, -0.2) is 36.1 Å². The van der Waals surface area contributed by atoms with Gasteiger partial charge in [-0.2, -0.15) is 0 Å². The molecule has 0 saturated carbocycles. The third-order valence-electron chi connectivity index (χ3n) is 3.74. The maximum atomic E-state index is 12.1. The van der Waals surface area contributed by atoms with Gasteiger partial charge in [-0.3, -0.25) is 9.80 Å². The molecule has 1 amide bonds. The largest absolute Gasteiger partial charge is 0.310 e. The van der Waals surface area contributed by atoms with Crippen molar-refractivity contribution in [3.63, 3.8) is 0 Å².